The van der Waals surface area contributed by atoms with Gasteiger partial charge in [-0.15, -0.1) is 0 Å². The van der Waals surface area contributed by atoms with E-state index in [2.05, 4.69) is 37.4 Å². The van der Waals surface area contributed by atoms with Crippen LogP contribution >= 0.6 is 0 Å². The first-order chi connectivity index (χ1) is 9.12. The van der Waals surface area contributed by atoms with Gasteiger partial charge in [0.05, 0.1) is 5.60 Å². The molecule has 19 heavy (non-hydrogen) atoms. The Balaban J connectivity index is 1.57. The molecule has 3 rings (SSSR count). The van der Waals surface area contributed by atoms with E-state index in [9.17, 15) is 0 Å². The van der Waals surface area contributed by atoms with Gasteiger partial charge in [-0.25, -0.2) is 0 Å². The molecule has 1 unspecified atom stereocenters. The molecule has 0 radical (unpaired) electrons. The number of hydrogen-bond acceptors (Lipinski definition) is 2. The maximum atomic E-state index is 5.77. The van der Waals surface area contributed by atoms with Crippen LogP contribution in [0.3, 0.4) is 0 Å². The first kappa shape index (κ1) is 13.1. The van der Waals surface area contributed by atoms with Crippen LogP contribution in [-0.2, 0) is 24.1 Å². The third kappa shape index (κ3) is 3.18. The summed E-state index contributed by atoms with van der Waals surface area (Å²) in [6.45, 7) is 6.26. The van der Waals surface area contributed by atoms with Gasteiger partial charge >= 0.3 is 0 Å². The van der Waals surface area contributed by atoms with Gasteiger partial charge in [0.2, 0.25) is 0 Å². The quantitative estimate of drug-likeness (QED) is 0.900. The molecule has 104 valence electrons. The van der Waals surface area contributed by atoms with E-state index >= 15 is 0 Å². The van der Waals surface area contributed by atoms with Gasteiger partial charge in [0.25, 0.3) is 0 Å². The summed E-state index contributed by atoms with van der Waals surface area (Å²) in [5.41, 5.74) is 4.61. The lowest BCUT2D eigenvalue weighted by atomic mass is 9.94. The number of rotatable bonds is 3. The van der Waals surface area contributed by atoms with Crippen molar-refractivity contribution in [1.82, 2.24) is 5.32 Å². The minimum Gasteiger partial charge on any atom is -0.375 e. The Morgan fingerprint density at radius 1 is 1.26 bits per heavy atom. The van der Waals surface area contributed by atoms with Gasteiger partial charge in [-0.2, -0.15) is 0 Å². The fourth-order valence-electron chi connectivity index (χ4n) is 3.40. The second-order valence-electron chi connectivity index (χ2n) is 6.64. The summed E-state index contributed by atoms with van der Waals surface area (Å²) >= 11 is 0. The fourth-order valence-corrected chi connectivity index (χ4v) is 3.40. The number of benzene rings is 1. The number of nitrogens with one attached hydrogen (secondary N) is 1. The predicted molar refractivity (Wildman–Crippen MR) is 78.4 cm³/mol. The number of aryl methyl sites for hydroxylation is 2. The standard InChI is InChI=1S/C17H25NO/c1-17(2)11-16(8-9-19-17)18-12-13-6-7-14-4-3-5-15(14)10-13/h6-7,10,16,18H,3-5,8-9,11-12H2,1-2H3. The molecule has 0 bridgehead atoms. The maximum Gasteiger partial charge on any atom is 0.0641 e. The summed E-state index contributed by atoms with van der Waals surface area (Å²) in [5, 5.41) is 3.70. The second kappa shape index (κ2) is 5.26. The molecule has 1 saturated heterocycles. The third-order valence-electron chi connectivity index (χ3n) is 4.45. The summed E-state index contributed by atoms with van der Waals surface area (Å²) in [4.78, 5) is 0. The van der Waals surface area contributed by atoms with Crippen LogP contribution < -0.4 is 5.32 Å². The molecule has 1 aliphatic heterocycles. The van der Waals surface area contributed by atoms with Crippen molar-refractivity contribution in [2.75, 3.05) is 6.61 Å². The maximum absolute atomic E-state index is 5.77. The molecule has 0 saturated carbocycles. The van der Waals surface area contributed by atoms with E-state index in [-0.39, 0.29) is 5.60 Å². The van der Waals surface area contributed by atoms with Crippen LogP contribution in [0.15, 0.2) is 18.2 Å². The van der Waals surface area contributed by atoms with Crippen LogP contribution in [0.2, 0.25) is 0 Å². The van der Waals surface area contributed by atoms with Crippen LogP contribution in [-0.4, -0.2) is 18.2 Å². The molecule has 1 aromatic carbocycles. The molecule has 2 heteroatoms. The van der Waals surface area contributed by atoms with Gasteiger partial charge < -0.3 is 10.1 Å². The average molecular weight is 259 g/mol. The summed E-state index contributed by atoms with van der Waals surface area (Å²) in [7, 11) is 0. The summed E-state index contributed by atoms with van der Waals surface area (Å²) in [5.74, 6) is 0. The Hall–Kier alpha value is -0.860. The molecule has 2 nitrogen and oxygen atoms in total. The Morgan fingerprint density at radius 3 is 2.95 bits per heavy atom. The highest BCUT2D eigenvalue weighted by molar-refractivity contribution is 5.35. The minimum absolute atomic E-state index is 0.0356. The van der Waals surface area contributed by atoms with Crippen LogP contribution in [0, 0.1) is 0 Å². The Labute approximate surface area is 116 Å². The zero-order valence-corrected chi connectivity index (χ0v) is 12.2. The molecule has 1 N–H and O–H groups in total. The van der Waals surface area contributed by atoms with Gasteiger partial charge in [-0.1, -0.05) is 18.2 Å². The van der Waals surface area contributed by atoms with E-state index < -0.39 is 0 Å². The Kier molecular flexibility index (Phi) is 3.64. The molecule has 2 aliphatic rings. The van der Waals surface area contributed by atoms with Crippen molar-refractivity contribution in [3.8, 4) is 0 Å². The third-order valence-corrected chi connectivity index (χ3v) is 4.45. The van der Waals surface area contributed by atoms with Crippen molar-refractivity contribution in [2.45, 2.75) is 64.1 Å². The van der Waals surface area contributed by atoms with E-state index in [0.717, 1.165) is 26.0 Å². The van der Waals surface area contributed by atoms with Crippen molar-refractivity contribution in [1.29, 1.82) is 0 Å². The first-order valence-corrected chi connectivity index (χ1v) is 7.60. The van der Waals surface area contributed by atoms with Gasteiger partial charge in [0.15, 0.2) is 0 Å². The molecule has 0 aromatic heterocycles. The van der Waals surface area contributed by atoms with Gasteiger partial charge in [0, 0.05) is 19.2 Å². The smallest absolute Gasteiger partial charge is 0.0641 e. The van der Waals surface area contributed by atoms with E-state index in [4.69, 9.17) is 4.74 Å². The topological polar surface area (TPSA) is 21.3 Å². The van der Waals surface area contributed by atoms with Crippen molar-refractivity contribution >= 4 is 0 Å². The molecule has 1 aliphatic carbocycles. The summed E-state index contributed by atoms with van der Waals surface area (Å²) in [6, 6.07) is 7.62. The lowest BCUT2D eigenvalue weighted by Gasteiger charge is -2.36. The highest BCUT2D eigenvalue weighted by Crippen LogP contribution is 2.25. The minimum atomic E-state index is 0.0356. The van der Waals surface area contributed by atoms with Gasteiger partial charge in [-0.3, -0.25) is 0 Å². The lowest BCUT2D eigenvalue weighted by Crippen LogP contribution is -2.43. The van der Waals surface area contributed by atoms with Gasteiger partial charge in [0.1, 0.15) is 0 Å². The summed E-state index contributed by atoms with van der Waals surface area (Å²) < 4.78 is 5.77. The molecular weight excluding hydrogens is 234 g/mol. The van der Waals surface area contributed by atoms with E-state index in [0.29, 0.717) is 6.04 Å². The van der Waals surface area contributed by atoms with Crippen molar-refractivity contribution in [2.24, 2.45) is 0 Å². The molecule has 1 atom stereocenters. The predicted octanol–water partition coefficient (Wildman–Crippen LogP) is 3.22. The fraction of sp³-hybridized carbons (Fsp3) is 0.647. The monoisotopic (exact) mass is 259 g/mol. The molecular formula is C17H25NO. The van der Waals surface area contributed by atoms with Crippen LogP contribution in [0.25, 0.3) is 0 Å². The van der Waals surface area contributed by atoms with Crippen LogP contribution in [0.4, 0.5) is 0 Å². The highest BCUT2D eigenvalue weighted by atomic mass is 16.5. The normalized spacial score (nSPS) is 25.3. The second-order valence-corrected chi connectivity index (χ2v) is 6.64. The Morgan fingerprint density at radius 2 is 2.11 bits per heavy atom. The number of hydrogen-bond donors (Lipinski definition) is 1. The van der Waals surface area contributed by atoms with Crippen LogP contribution in [0.5, 0.6) is 0 Å². The highest BCUT2D eigenvalue weighted by Gasteiger charge is 2.28. The number of fused-ring (bicyclic) bond motifs is 1. The Bertz CT molecular complexity index is 453. The van der Waals surface area contributed by atoms with Crippen LogP contribution in [0.1, 0.15) is 49.8 Å². The zero-order valence-electron chi connectivity index (χ0n) is 12.2. The van der Waals surface area contributed by atoms with Crippen molar-refractivity contribution in [3.63, 3.8) is 0 Å². The van der Waals surface area contributed by atoms with Crippen molar-refractivity contribution in [3.05, 3.63) is 34.9 Å². The van der Waals surface area contributed by atoms with E-state index in [1.54, 1.807) is 11.1 Å². The molecule has 1 heterocycles. The molecule has 1 fully saturated rings. The average Bonchev–Trinajstić information content (AvgIpc) is 2.82. The molecule has 0 amide bonds. The zero-order chi connectivity index (χ0) is 13.3. The van der Waals surface area contributed by atoms with E-state index in [1.807, 2.05) is 0 Å². The SMILES string of the molecule is CC1(C)CC(NCc2ccc3c(c2)CCC3)CCO1. The molecule has 0 spiro atoms. The van der Waals surface area contributed by atoms with E-state index in [1.165, 1.54) is 24.8 Å². The lowest BCUT2D eigenvalue weighted by molar-refractivity contribution is -0.0630. The van der Waals surface area contributed by atoms with Gasteiger partial charge in [-0.05, 0) is 62.6 Å². The number of ether oxygens (including phenoxy) is 1. The van der Waals surface area contributed by atoms with Crippen molar-refractivity contribution < 1.29 is 4.74 Å². The summed E-state index contributed by atoms with van der Waals surface area (Å²) in [6.07, 6.45) is 6.12. The largest absolute Gasteiger partial charge is 0.375 e. The first-order valence-electron chi connectivity index (χ1n) is 7.60. The molecule has 1 aromatic rings.